The Balaban J connectivity index is 2.19. The number of carbonyl (C=O) groups is 1. The molecule has 0 fully saturated rings. The lowest BCUT2D eigenvalue weighted by Crippen LogP contribution is -2.12. The van der Waals surface area contributed by atoms with Gasteiger partial charge in [-0.25, -0.2) is 0 Å². The van der Waals surface area contributed by atoms with E-state index in [1.54, 1.807) is 18.3 Å². The van der Waals surface area contributed by atoms with Gasteiger partial charge in [0.25, 0.3) is 5.91 Å². The number of amides is 1. The van der Waals surface area contributed by atoms with Crippen molar-refractivity contribution in [1.29, 1.82) is 0 Å². The van der Waals surface area contributed by atoms with E-state index in [9.17, 15) is 4.79 Å². The van der Waals surface area contributed by atoms with Gasteiger partial charge >= 0.3 is 0 Å². The number of nitrogens with zero attached hydrogens (tertiary/aromatic N) is 2. The Kier molecular flexibility index (Phi) is 2.64. The standard InChI is InChI=1S/C9H7ClN4O/c10-7-1-3-11-5-6(7)9(15)13-8-2-4-12-14-8/h1-5H,(H2,12,13,14,15). The summed E-state index contributed by atoms with van der Waals surface area (Å²) in [6.45, 7) is 0. The van der Waals surface area contributed by atoms with Gasteiger partial charge in [-0.15, -0.1) is 0 Å². The van der Waals surface area contributed by atoms with Crippen LogP contribution in [-0.2, 0) is 0 Å². The van der Waals surface area contributed by atoms with E-state index in [4.69, 9.17) is 11.6 Å². The second kappa shape index (κ2) is 4.10. The number of aromatic nitrogens is 3. The molecule has 0 spiro atoms. The molecule has 0 aliphatic carbocycles. The lowest BCUT2D eigenvalue weighted by atomic mass is 10.2. The van der Waals surface area contributed by atoms with Gasteiger partial charge in [-0.2, -0.15) is 5.10 Å². The Bertz CT molecular complexity index is 469. The first-order chi connectivity index (χ1) is 7.27. The second-order valence-corrected chi connectivity index (χ2v) is 3.19. The third-order valence-corrected chi connectivity index (χ3v) is 2.09. The van der Waals surface area contributed by atoms with Crippen LogP contribution in [0.2, 0.25) is 5.02 Å². The van der Waals surface area contributed by atoms with Crippen LogP contribution in [0.1, 0.15) is 10.4 Å². The normalized spacial score (nSPS) is 9.93. The molecule has 76 valence electrons. The summed E-state index contributed by atoms with van der Waals surface area (Å²) >= 11 is 5.83. The van der Waals surface area contributed by atoms with Gasteiger partial charge in [0.05, 0.1) is 16.8 Å². The van der Waals surface area contributed by atoms with Gasteiger partial charge in [-0.3, -0.25) is 14.9 Å². The van der Waals surface area contributed by atoms with E-state index in [1.807, 2.05) is 0 Å². The summed E-state index contributed by atoms with van der Waals surface area (Å²) in [5.74, 6) is 0.192. The number of hydrogen-bond acceptors (Lipinski definition) is 3. The maximum atomic E-state index is 11.6. The highest BCUT2D eigenvalue weighted by Gasteiger charge is 2.10. The lowest BCUT2D eigenvalue weighted by Gasteiger charge is -2.02. The molecular weight excluding hydrogens is 216 g/mol. The fourth-order valence-corrected chi connectivity index (χ4v) is 1.25. The van der Waals surface area contributed by atoms with Crippen molar-refractivity contribution in [2.75, 3.05) is 5.32 Å². The molecule has 0 bridgehead atoms. The number of H-pyrrole nitrogens is 1. The van der Waals surface area contributed by atoms with Crippen LogP contribution in [0.4, 0.5) is 5.82 Å². The summed E-state index contributed by atoms with van der Waals surface area (Å²) in [7, 11) is 0. The summed E-state index contributed by atoms with van der Waals surface area (Å²) in [5, 5.41) is 9.28. The molecule has 0 saturated carbocycles. The predicted octanol–water partition coefficient (Wildman–Crippen LogP) is 1.71. The molecule has 15 heavy (non-hydrogen) atoms. The topological polar surface area (TPSA) is 70.7 Å². The number of nitrogens with one attached hydrogen (secondary N) is 2. The van der Waals surface area contributed by atoms with E-state index in [1.165, 1.54) is 12.4 Å². The summed E-state index contributed by atoms with van der Waals surface area (Å²) in [6.07, 6.45) is 4.48. The van der Waals surface area contributed by atoms with E-state index in [2.05, 4.69) is 20.5 Å². The minimum absolute atomic E-state index is 0.322. The molecule has 2 heterocycles. The number of anilines is 1. The van der Waals surface area contributed by atoms with Crippen LogP contribution in [0.3, 0.4) is 0 Å². The van der Waals surface area contributed by atoms with Crippen molar-refractivity contribution in [2.24, 2.45) is 0 Å². The molecular formula is C9H7ClN4O. The highest BCUT2D eigenvalue weighted by atomic mass is 35.5. The molecule has 0 atom stereocenters. The van der Waals surface area contributed by atoms with E-state index in [0.717, 1.165) is 0 Å². The maximum Gasteiger partial charge on any atom is 0.259 e. The molecule has 6 heteroatoms. The average molecular weight is 223 g/mol. The van der Waals surface area contributed by atoms with Crippen LogP contribution < -0.4 is 5.32 Å². The number of rotatable bonds is 2. The molecule has 2 aromatic heterocycles. The van der Waals surface area contributed by atoms with Crippen LogP contribution in [-0.4, -0.2) is 21.1 Å². The summed E-state index contributed by atoms with van der Waals surface area (Å²) in [5.41, 5.74) is 0.328. The molecule has 0 saturated heterocycles. The predicted molar refractivity (Wildman–Crippen MR) is 55.8 cm³/mol. The molecule has 5 nitrogen and oxygen atoms in total. The molecule has 2 N–H and O–H groups in total. The van der Waals surface area contributed by atoms with E-state index < -0.39 is 0 Å². The Morgan fingerprint density at radius 3 is 2.93 bits per heavy atom. The molecule has 0 radical (unpaired) electrons. The van der Waals surface area contributed by atoms with Crippen molar-refractivity contribution >= 4 is 23.3 Å². The zero-order valence-corrected chi connectivity index (χ0v) is 8.32. The van der Waals surface area contributed by atoms with Gasteiger partial charge in [-0.05, 0) is 6.07 Å². The number of hydrogen-bond donors (Lipinski definition) is 2. The first-order valence-corrected chi connectivity index (χ1v) is 4.55. The summed E-state index contributed by atoms with van der Waals surface area (Å²) in [4.78, 5) is 15.5. The van der Waals surface area contributed by atoms with E-state index in [-0.39, 0.29) is 5.91 Å². The van der Waals surface area contributed by atoms with Crippen LogP contribution in [0.5, 0.6) is 0 Å². The third-order valence-electron chi connectivity index (χ3n) is 1.76. The fourth-order valence-electron chi connectivity index (χ4n) is 1.06. The average Bonchev–Trinajstić information content (AvgIpc) is 2.71. The van der Waals surface area contributed by atoms with Crippen molar-refractivity contribution < 1.29 is 4.79 Å². The van der Waals surface area contributed by atoms with Crippen LogP contribution in [0, 0.1) is 0 Å². The highest BCUT2D eigenvalue weighted by molar-refractivity contribution is 6.34. The second-order valence-electron chi connectivity index (χ2n) is 2.78. The lowest BCUT2D eigenvalue weighted by molar-refractivity contribution is 0.102. The minimum atomic E-state index is -0.322. The van der Waals surface area contributed by atoms with Gasteiger partial charge in [0.1, 0.15) is 5.82 Å². The Hall–Kier alpha value is -1.88. The minimum Gasteiger partial charge on any atom is -0.307 e. The first-order valence-electron chi connectivity index (χ1n) is 4.17. The van der Waals surface area contributed by atoms with Gasteiger partial charge in [0.15, 0.2) is 0 Å². The van der Waals surface area contributed by atoms with Gasteiger partial charge < -0.3 is 5.32 Å². The molecule has 0 aromatic carbocycles. The molecule has 0 aliphatic heterocycles. The number of pyridine rings is 1. The smallest absolute Gasteiger partial charge is 0.259 e. The zero-order valence-electron chi connectivity index (χ0n) is 7.57. The monoisotopic (exact) mass is 222 g/mol. The van der Waals surface area contributed by atoms with Crippen LogP contribution in [0.15, 0.2) is 30.7 Å². The summed E-state index contributed by atoms with van der Waals surface area (Å²) in [6, 6.07) is 3.20. The van der Waals surface area contributed by atoms with Gasteiger partial charge in [-0.1, -0.05) is 11.6 Å². The molecule has 0 unspecified atom stereocenters. The number of aromatic amines is 1. The third kappa shape index (κ3) is 2.13. The first kappa shape index (κ1) is 9.67. The molecule has 1 amide bonds. The fraction of sp³-hybridized carbons (Fsp3) is 0. The Morgan fingerprint density at radius 2 is 2.27 bits per heavy atom. The highest BCUT2D eigenvalue weighted by Crippen LogP contribution is 2.14. The number of carbonyl (C=O) groups excluding carboxylic acids is 1. The van der Waals surface area contributed by atoms with E-state index in [0.29, 0.717) is 16.4 Å². The molecule has 2 rings (SSSR count). The SMILES string of the molecule is O=C(Nc1ccn[nH]1)c1cnccc1Cl. The van der Waals surface area contributed by atoms with Crippen molar-refractivity contribution in [3.05, 3.63) is 41.3 Å². The zero-order chi connectivity index (χ0) is 10.7. The van der Waals surface area contributed by atoms with Gasteiger partial charge in [0, 0.05) is 18.5 Å². The maximum absolute atomic E-state index is 11.6. The largest absolute Gasteiger partial charge is 0.307 e. The molecule has 2 aromatic rings. The van der Waals surface area contributed by atoms with Gasteiger partial charge in [0.2, 0.25) is 0 Å². The van der Waals surface area contributed by atoms with Crippen LogP contribution >= 0.6 is 11.6 Å². The van der Waals surface area contributed by atoms with Crippen molar-refractivity contribution in [2.45, 2.75) is 0 Å². The van der Waals surface area contributed by atoms with Crippen molar-refractivity contribution in [3.8, 4) is 0 Å². The van der Waals surface area contributed by atoms with Crippen LogP contribution in [0.25, 0.3) is 0 Å². The van der Waals surface area contributed by atoms with Crippen molar-refractivity contribution in [3.63, 3.8) is 0 Å². The van der Waals surface area contributed by atoms with E-state index >= 15 is 0 Å². The molecule has 0 aliphatic rings. The van der Waals surface area contributed by atoms with Crippen molar-refractivity contribution in [1.82, 2.24) is 15.2 Å². The number of halogens is 1. The Labute approximate surface area is 90.5 Å². The summed E-state index contributed by atoms with van der Waals surface area (Å²) < 4.78 is 0. The quantitative estimate of drug-likeness (QED) is 0.813. The Morgan fingerprint density at radius 1 is 1.40 bits per heavy atom.